The fourth-order valence-corrected chi connectivity index (χ4v) is 4.34. The maximum absolute atomic E-state index is 13.7. The highest BCUT2D eigenvalue weighted by Crippen LogP contribution is 2.18. The largest absolute Gasteiger partial charge is 0.378 e. The van der Waals surface area contributed by atoms with E-state index >= 15 is 0 Å². The second kappa shape index (κ2) is 10.2. The number of ether oxygens (including phenoxy) is 1. The summed E-state index contributed by atoms with van der Waals surface area (Å²) < 4.78 is 19.0. The second-order valence-corrected chi connectivity index (χ2v) is 8.35. The molecule has 5 amide bonds. The fraction of sp³-hybridized carbons (Fsp3) is 0.545. The summed E-state index contributed by atoms with van der Waals surface area (Å²) in [5.74, 6) is -1.83. The van der Waals surface area contributed by atoms with Crippen molar-refractivity contribution in [3.8, 4) is 0 Å². The van der Waals surface area contributed by atoms with Crippen molar-refractivity contribution in [2.75, 3.05) is 52.5 Å². The van der Waals surface area contributed by atoms with Gasteiger partial charge in [0, 0.05) is 38.3 Å². The number of piperidine rings is 1. The Morgan fingerprint density at radius 3 is 2.61 bits per heavy atom. The zero-order valence-electron chi connectivity index (χ0n) is 18.3. The van der Waals surface area contributed by atoms with Crippen LogP contribution in [0.2, 0.25) is 0 Å². The van der Waals surface area contributed by atoms with Gasteiger partial charge in [0.2, 0.25) is 11.8 Å². The molecule has 0 saturated carbocycles. The molecule has 1 aromatic rings. The topological polar surface area (TPSA) is 111 Å². The lowest BCUT2D eigenvalue weighted by atomic mass is 10.0. The molecule has 11 heteroatoms. The van der Waals surface area contributed by atoms with E-state index in [1.165, 1.54) is 23.1 Å². The highest BCUT2D eigenvalue weighted by atomic mass is 19.1. The smallest absolute Gasteiger partial charge is 0.320 e. The van der Waals surface area contributed by atoms with Gasteiger partial charge < -0.3 is 30.1 Å². The van der Waals surface area contributed by atoms with Crippen molar-refractivity contribution < 1.29 is 28.3 Å². The molecule has 0 aromatic heterocycles. The van der Waals surface area contributed by atoms with Gasteiger partial charge in [0.15, 0.2) is 0 Å². The van der Waals surface area contributed by atoms with Crippen LogP contribution in [0, 0.1) is 5.82 Å². The van der Waals surface area contributed by atoms with Gasteiger partial charge in [-0.2, -0.15) is 0 Å². The van der Waals surface area contributed by atoms with Crippen LogP contribution in [0.4, 0.5) is 9.18 Å². The number of carbonyl (C=O) groups is 4. The summed E-state index contributed by atoms with van der Waals surface area (Å²) in [4.78, 5) is 56.1. The Hall–Kier alpha value is -3.21. The molecular formula is C22H28FN5O5. The molecule has 10 nitrogen and oxygen atoms in total. The number of piperazine rings is 1. The van der Waals surface area contributed by atoms with E-state index in [-0.39, 0.29) is 37.1 Å². The Morgan fingerprint density at radius 2 is 1.88 bits per heavy atom. The van der Waals surface area contributed by atoms with Gasteiger partial charge in [-0.25, -0.2) is 9.18 Å². The first-order chi connectivity index (χ1) is 15.9. The van der Waals surface area contributed by atoms with Gasteiger partial charge in [0.05, 0.1) is 19.8 Å². The predicted octanol–water partition coefficient (Wildman–Crippen LogP) is -0.201. The van der Waals surface area contributed by atoms with Crippen molar-refractivity contribution in [3.63, 3.8) is 0 Å². The quantitative estimate of drug-likeness (QED) is 0.648. The van der Waals surface area contributed by atoms with Gasteiger partial charge in [0.25, 0.3) is 5.91 Å². The SMILES string of the molecule is O=C1NCCC[C@H]1NC(=O)[C@@H]1CN(C(=O)N2CCOCC2)CCN1C(=O)c1cccc(F)c1. The second-order valence-electron chi connectivity index (χ2n) is 8.35. The van der Waals surface area contributed by atoms with Crippen LogP contribution >= 0.6 is 0 Å². The molecule has 2 atom stereocenters. The number of nitrogens with one attached hydrogen (secondary N) is 2. The van der Waals surface area contributed by atoms with Gasteiger partial charge in [-0.3, -0.25) is 14.4 Å². The molecule has 3 fully saturated rings. The average Bonchev–Trinajstić information content (AvgIpc) is 2.84. The normalized spacial score (nSPS) is 23.7. The number of urea groups is 1. The predicted molar refractivity (Wildman–Crippen MR) is 115 cm³/mol. The molecule has 3 aliphatic rings. The van der Waals surface area contributed by atoms with E-state index in [1.807, 2.05) is 0 Å². The minimum atomic E-state index is -1.01. The van der Waals surface area contributed by atoms with Crippen molar-refractivity contribution in [1.29, 1.82) is 0 Å². The lowest BCUT2D eigenvalue weighted by Gasteiger charge is -2.43. The molecule has 3 heterocycles. The number of hydrogen-bond acceptors (Lipinski definition) is 5. The summed E-state index contributed by atoms with van der Waals surface area (Å²) in [6.07, 6.45) is 1.23. The Bertz CT molecular complexity index is 922. The van der Waals surface area contributed by atoms with E-state index in [1.54, 1.807) is 9.80 Å². The van der Waals surface area contributed by atoms with E-state index in [2.05, 4.69) is 10.6 Å². The van der Waals surface area contributed by atoms with Crippen LogP contribution < -0.4 is 10.6 Å². The lowest BCUT2D eigenvalue weighted by Crippen LogP contribution is -2.65. The number of rotatable bonds is 3. The summed E-state index contributed by atoms with van der Waals surface area (Å²) in [6, 6.07) is 3.36. The Morgan fingerprint density at radius 1 is 1.09 bits per heavy atom. The van der Waals surface area contributed by atoms with Crippen molar-refractivity contribution in [2.45, 2.75) is 24.9 Å². The number of amides is 5. The molecule has 0 bridgehead atoms. The summed E-state index contributed by atoms with van der Waals surface area (Å²) >= 11 is 0. The molecule has 0 unspecified atom stereocenters. The molecule has 0 radical (unpaired) electrons. The van der Waals surface area contributed by atoms with Crippen LogP contribution in [-0.4, -0.2) is 103 Å². The first-order valence-electron chi connectivity index (χ1n) is 11.2. The highest BCUT2D eigenvalue weighted by molar-refractivity contribution is 5.99. The molecule has 3 aliphatic heterocycles. The van der Waals surface area contributed by atoms with Gasteiger partial charge >= 0.3 is 6.03 Å². The summed E-state index contributed by atoms with van der Waals surface area (Å²) in [5.41, 5.74) is 0.121. The van der Waals surface area contributed by atoms with Crippen LogP contribution in [0.5, 0.6) is 0 Å². The fourth-order valence-electron chi connectivity index (χ4n) is 4.34. The van der Waals surface area contributed by atoms with E-state index in [4.69, 9.17) is 4.74 Å². The van der Waals surface area contributed by atoms with E-state index in [0.717, 1.165) is 12.5 Å². The van der Waals surface area contributed by atoms with Gasteiger partial charge in [-0.05, 0) is 31.0 Å². The molecule has 1 aromatic carbocycles. The molecule has 4 rings (SSSR count). The van der Waals surface area contributed by atoms with Gasteiger partial charge in [-0.15, -0.1) is 0 Å². The molecule has 0 spiro atoms. The number of halogens is 1. The first-order valence-corrected chi connectivity index (χ1v) is 11.2. The maximum atomic E-state index is 13.7. The lowest BCUT2D eigenvalue weighted by molar-refractivity contribution is -0.133. The molecular weight excluding hydrogens is 433 g/mol. The molecule has 0 aliphatic carbocycles. The van der Waals surface area contributed by atoms with Crippen LogP contribution in [0.15, 0.2) is 24.3 Å². The van der Waals surface area contributed by atoms with Crippen molar-refractivity contribution in [2.24, 2.45) is 0 Å². The maximum Gasteiger partial charge on any atom is 0.320 e. The van der Waals surface area contributed by atoms with Crippen LogP contribution in [0.25, 0.3) is 0 Å². The third kappa shape index (κ3) is 5.24. The van der Waals surface area contributed by atoms with Crippen molar-refractivity contribution in [1.82, 2.24) is 25.3 Å². The van der Waals surface area contributed by atoms with E-state index < -0.39 is 29.7 Å². The average molecular weight is 461 g/mol. The van der Waals surface area contributed by atoms with Crippen LogP contribution in [-0.2, 0) is 14.3 Å². The molecule has 2 N–H and O–H groups in total. The van der Waals surface area contributed by atoms with Gasteiger partial charge in [-0.1, -0.05) is 6.07 Å². The molecule has 33 heavy (non-hydrogen) atoms. The Labute approximate surface area is 191 Å². The summed E-state index contributed by atoms with van der Waals surface area (Å²) in [7, 11) is 0. The summed E-state index contributed by atoms with van der Waals surface area (Å²) in [6.45, 7) is 2.71. The third-order valence-electron chi connectivity index (χ3n) is 6.17. The van der Waals surface area contributed by atoms with Crippen LogP contribution in [0.3, 0.4) is 0 Å². The first kappa shape index (κ1) is 23.0. The monoisotopic (exact) mass is 461 g/mol. The number of nitrogens with zero attached hydrogens (tertiary/aromatic N) is 3. The standard InChI is InChI=1S/C22H28FN5O5/c23-16-4-1-3-15(13-16)21(31)28-8-7-27(22(32)26-9-11-33-12-10-26)14-18(28)20(30)25-17-5-2-6-24-19(17)29/h1,3-4,13,17-18H,2,5-12,14H2,(H,24,29)(H,25,30)/t17-,18+/m1/s1. The summed E-state index contributed by atoms with van der Waals surface area (Å²) in [5, 5.41) is 5.45. The van der Waals surface area contributed by atoms with E-state index in [0.29, 0.717) is 39.3 Å². The number of carbonyl (C=O) groups excluding carboxylic acids is 4. The van der Waals surface area contributed by atoms with Gasteiger partial charge in [0.1, 0.15) is 17.9 Å². The van der Waals surface area contributed by atoms with Crippen LogP contribution in [0.1, 0.15) is 23.2 Å². The Kier molecular flexibility index (Phi) is 7.07. The van der Waals surface area contributed by atoms with E-state index in [9.17, 15) is 23.6 Å². The van der Waals surface area contributed by atoms with Crippen molar-refractivity contribution >= 4 is 23.8 Å². The number of benzene rings is 1. The zero-order valence-corrected chi connectivity index (χ0v) is 18.3. The Balaban J connectivity index is 1.53. The third-order valence-corrected chi connectivity index (χ3v) is 6.17. The van der Waals surface area contributed by atoms with Crippen molar-refractivity contribution in [3.05, 3.63) is 35.6 Å². The minimum Gasteiger partial charge on any atom is -0.378 e. The molecule has 3 saturated heterocycles. The zero-order chi connectivity index (χ0) is 23.4. The minimum absolute atomic E-state index is 0.0164. The number of morpholine rings is 1. The number of hydrogen-bond donors (Lipinski definition) is 2. The highest BCUT2D eigenvalue weighted by Gasteiger charge is 2.40. The molecule has 178 valence electrons.